The second-order valence-corrected chi connectivity index (χ2v) is 20.3. The minimum Gasteiger partial charge on any atom is -0.480 e. The third-order valence-electron chi connectivity index (χ3n) is 14.4. The van der Waals surface area contributed by atoms with Gasteiger partial charge in [0.05, 0.1) is 6.04 Å². The molecule has 68 heavy (non-hydrogen) atoms. The lowest BCUT2D eigenvalue weighted by molar-refractivity contribution is -0.171. The largest absolute Gasteiger partial charge is 0.480 e. The maximum absolute atomic E-state index is 14.3. The van der Waals surface area contributed by atoms with E-state index in [1.165, 1.54) is 128 Å². The van der Waals surface area contributed by atoms with Crippen LogP contribution in [-0.2, 0) is 44.6 Å². The smallest absolute Gasteiger partial charge is 0.329 e. The Labute approximate surface area is 412 Å². The summed E-state index contributed by atoms with van der Waals surface area (Å²) in [5, 5.41) is 13.2. The minimum atomic E-state index is -1.04. The zero-order valence-electron chi connectivity index (χ0n) is 43.2. The maximum Gasteiger partial charge on any atom is 0.329 e. The van der Waals surface area contributed by atoms with E-state index in [1.807, 2.05) is 30.3 Å². The van der Waals surface area contributed by atoms with Crippen LogP contribution in [0.4, 0.5) is 0 Å². The Bertz CT molecular complexity index is 1460. The van der Waals surface area contributed by atoms with Gasteiger partial charge in [-0.05, 0) is 63.4 Å². The molecule has 0 aromatic heterocycles. The maximum atomic E-state index is 14.3. The molecule has 0 bridgehead atoms. The number of carbonyl (C=O) groups is 5. The van der Waals surface area contributed by atoms with Crippen LogP contribution in [0, 0.1) is 5.92 Å². The minimum absolute atomic E-state index is 0.112. The summed E-state index contributed by atoms with van der Waals surface area (Å²) in [5.41, 5.74) is 1.01. The van der Waals surface area contributed by atoms with Crippen molar-refractivity contribution in [3.05, 3.63) is 35.9 Å². The fraction of sp³-hybridized carbons (Fsp3) is 0.807. The van der Waals surface area contributed by atoms with Gasteiger partial charge in [0, 0.05) is 18.9 Å². The van der Waals surface area contributed by atoms with E-state index >= 15 is 0 Å². The van der Waals surface area contributed by atoms with Crippen LogP contribution in [-0.4, -0.2) is 83.3 Å². The van der Waals surface area contributed by atoms with Gasteiger partial charge in [-0.3, -0.25) is 24.5 Å². The second-order valence-electron chi connectivity index (χ2n) is 20.3. The number of amides is 1. The van der Waals surface area contributed by atoms with E-state index in [0.29, 0.717) is 19.3 Å². The summed E-state index contributed by atoms with van der Waals surface area (Å²) in [7, 11) is 0. The Hall–Kier alpha value is -3.47. The van der Waals surface area contributed by atoms with Crippen LogP contribution in [0.1, 0.15) is 245 Å². The van der Waals surface area contributed by atoms with Crippen molar-refractivity contribution < 1.29 is 43.3 Å². The van der Waals surface area contributed by atoms with Gasteiger partial charge in [-0.2, -0.15) is 0 Å². The Morgan fingerprint density at radius 1 is 0.632 bits per heavy atom. The first-order chi connectivity index (χ1) is 33.1. The fourth-order valence-electron chi connectivity index (χ4n) is 10.3. The molecule has 1 saturated heterocycles. The van der Waals surface area contributed by atoms with Crippen LogP contribution in [0.5, 0.6) is 0 Å². The zero-order chi connectivity index (χ0) is 49.0. The Balaban J connectivity index is 1.53. The lowest BCUT2D eigenvalue weighted by Crippen LogP contribution is -2.56. The van der Waals surface area contributed by atoms with Gasteiger partial charge in [0.2, 0.25) is 5.91 Å². The molecule has 5 atom stereocenters. The molecule has 0 radical (unpaired) electrons. The summed E-state index contributed by atoms with van der Waals surface area (Å²) < 4.78 is 17.4. The van der Waals surface area contributed by atoms with E-state index in [2.05, 4.69) is 19.2 Å². The topological polar surface area (TPSA) is 149 Å². The van der Waals surface area contributed by atoms with E-state index in [9.17, 15) is 29.1 Å². The normalized spacial score (nSPS) is 17.7. The fourth-order valence-corrected chi connectivity index (χ4v) is 10.3. The molecule has 1 aromatic carbocycles. The average molecular weight is 953 g/mol. The summed E-state index contributed by atoms with van der Waals surface area (Å²) in [4.78, 5) is 68.4. The first kappa shape index (κ1) is 58.8. The van der Waals surface area contributed by atoms with Crippen molar-refractivity contribution in [2.75, 3.05) is 13.2 Å². The number of benzene rings is 1. The van der Waals surface area contributed by atoms with E-state index in [4.69, 9.17) is 14.2 Å². The van der Waals surface area contributed by atoms with Crippen molar-refractivity contribution in [2.45, 2.75) is 276 Å². The number of carboxylic acid groups (broad SMARTS) is 1. The second kappa shape index (κ2) is 37.4. The summed E-state index contributed by atoms with van der Waals surface area (Å²) in [6, 6.07) is 6.77. The molecule has 2 N–H and O–H groups in total. The van der Waals surface area contributed by atoms with Crippen LogP contribution in [0.15, 0.2) is 30.3 Å². The van der Waals surface area contributed by atoms with Crippen LogP contribution in [0.3, 0.4) is 0 Å². The molecule has 2 fully saturated rings. The van der Waals surface area contributed by atoms with Crippen molar-refractivity contribution in [3.8, 4) is 0 Å². The molecule has 11 heteroatoms. The van der Waals surface area contributed by atoms with Gasteiger partial charge in [-0.25, -0.2) is 4.79 Å². The van der Waals surface area contributed by atoms with Crippen molar-refractivity contribution in [1.82, 2.24) is 10.2 Å². The first-order valence-electron chi connectivity index (χ1n) is 28.0. The zero-order valence-corrected chi connectivity index (χ0v) is 43.2. The summed E-state index contributed by atoms with van der Waals surface area (Å²) in [6.45, 7) is 5.67. The molecule has 388 valence electrons. The molecule has 1 saturated carbocycles. The van der Waals surface area contributed by atoms with Crippen molar-refractivity contribution in [3.63, 3.8) is 0 Å². The van der Waals surface area contributed by atoms with Crippen LogP contribution < -0.4 is 5.32 Å². The van der Waals surface area contributed by atoms with E-state index in [1.54, 1.807) is 11.8 Å². The van der Waals surface area contributed by atoms with Gasteiger partial charge < -0.3 is 24.2 Å². The highest BCUT2D eigenvalue weighted by Gasteiger charge is 2.49. The van der Waals surface area contributed by atoms with Gasteiger partial charge in [-0.1, -0.05) is 211 Å². The molecule has 1 heterocycles. The van der Waals surface area contributed by atoms with Gasteiger partial charge in [-0.15, -0.1) is 0 Å². The quantitative estimate of drug-likeness (QED) is 0.0369. The highest BCUT2D eigenvalue weighted by atomic mass is 16.6. The van der Waals surface area contributed by atoms with Gasteiger partial charge in [0.25, 0.3) is 0 Å². The molecular formula is C57H96N2O9. The predicted molar refractivity (Wildman–Crippen MR) is 272 cm³/mol. The number of unbranched alkanes of at least 4 members (excludes halogenated alkanes) is 24. The number of aliphatic carboxylic acids is 1. The molecule has 0 spiro atoms. The Morgan fingerprint density at radius 3 is 1.53 bits per heavy atom. The molecule has 1 unspecified atom stereocenters. The number of rotatable bonds is 41. The number of hydrogen-bond acceptors (Lipinski definition) is 9. The van der Waals surface area contributed by atoms with Crippen molar-refractivity contribution >= 4 is 29.8 Å². The number of nitrogens with zero attached hydrogens (tertiary/aromatic N) is 1. The molecule has 1 aromatic rings. The summed E-state index contributed by atoms with van der Waals surface area (Å²) in [5.74, 6) is -2.64. The van der Waals surface area contributed by atoms with Crippen LogP contribution in [0.2, 0.25) is 0 Å². The van der Waals surface area contributed by atoms with Gasteiger partial charge in [0.15, 0.2) is 6.10 Å². The van der Waals surface area contributed by atoms with Crippen LogP contribution in [0.25, 0.3) is 0 Å². The van der Waals surface area contributed by atoms with E-state index < -0.39 is 36.2 Å². The third kappa shape index (κ3) is 25.4. The number of carbonyl (C=O) groups excluding carboxylic acids is 4. The SMILES string of the molecule is CCCCCCCCCCCCCCCC(=O)OCC(COC(=O)CCCCCCCCCCCCCCC)OC(=O)[C@@H]1C[C@@H]2CCCC[C@@H]2N1C(=O)C(C)N[C@@H](CCc1ccccc1)C(=O)O. The predicted octanol–water partition coefficient (Wildman–Crippen LogP) is 13.2. The molecule has 11 nitrogen and oxygen atoms in total. The van der Waals surface area contributed by atoms with Crippen molar-refractivity contribution in [2.24, 2.45) is 5.92 Å². The molecule has 1 aliphatic carbocycles. The number of carboxylic acids is 1. The standard InChI is InChI=1S/C57H96N2O9/c1-4-6-8-10-12-14-16-18-20-22-24-26-31-39-53(60)66-44-49(45-67-54(61)40-32-27-25-23-21-19-17-15-13-11-9-7-5-2)68-57(65)52-43-48-37-33-34-38-51(48)59(52)55(62)46(3)58-50(56(63)64)42-41-47-35-29-28-30-36-47/h28-30,35-36,46,48-52,58H,4-27,31-34,37-45H2,1-3H3,(H,63,64)/t46?,48-,50-,51-,52-/m0/s1. The number of esters is 3. The van der Waals surface area contributed by atoms with E-state index in [-0.39, 0.29) is 55.9 Å². The molecule has 3 rings (SSSR count). The lowest BCUT2D eigenvalue weighted by Gasteiger charge is -2.36. The molecular weight excluding hydrogens is 857 g/mol. The number of nitrogens with one attached hydrogen (secondary N) is 1. The number of hydrogen-bond donors (Lipinski definition) is 2. The van der Waals surface area contributed by atoms with Gasteiger partial charge >= 0.3 is 23.9 Å². The first-order valence-corrected chi connectivity index (χ1v) is 28.0. The van der Waals surface area contributed by atoms with Gasteiger partial charge in [0.1, 0.15) is 25.3 Å². The number of fused-ring (bicyclic) bond motifs is 1. The molecule has 1 amide bonds. The Kier molecular flexibility index (Phi) is 32.3. The highest BCUT2D eigenvalue weighted by molar-refractivity contribution is 5.89. The average Bonchev–Trinajstić information content (AvgIpc) is 3.74. The summed E-state index contributed by atoms with van der Waals surface area (Å²) in [6.07, 6.45) is 35.7. The van der Waals surface area contributed by atoms with Crippen LogP contribution >= 0.6 is 0 Å². The molecule has 1 aliphatic heterocycles. The molecule has 2 aliphatic rings. The number of likely N-dealkylation sites (tertiary alicyclic amines) is 1. The van der Waals surface area contributed by atoms with E-state index in [0.717, 1.165) is 69.8 Å². The summed E-state index contributed by atoms with van der Waals surface area (Å²) >= 11 is 0. The highest BCUT2D eigenvalue weighted by Crippen LogP contribution is 2.40. The number of ether oxygens (including phenoxy) is 3. The monoisotopic (exact) mass is 953 g/mol. The number of aryl methyl sites for hydroxylation is 1. The Morgan fingerprint density at radius 2 is 1.07 bits per heavy atom. The van der Waals surface area contributed by atoms with Crippen molar-refractivity contribution in [1.29, 1.82) is 0 Å². The third-order valence-corrected chi connectivity index (χ3v) is 14.4. The lowest BCUT2D eigenvalue weighted by atomic mass is 9.84.